The molecule has 0 radical (unpaired) electrons. The van der Waals surface area contributed by atoms with Crippen LogP contribution >= 0.6 is 23.4 Å². The van der Waals surface area contributed by atoms with E-state index in [0.717, 1.165) is 4.90 Å². The summed E-state index contributed by atoms with van der Waals surface area (Å²) in [4.78, 5) is 12.1. The Balaban J connectivity index is 2.04. The summed E-state index contributed by atoms with van der Waals surface area (Å²) in [5, 5.41) is 0.630. The van der Waals surface area contributed by atoms with Crippen molar-refractivity contribution in [1.29, 1.82) is 0 Å². The van der Waals surface area contributed by atoms with Crippen LogP contribution in [0.5, 0.6) is 0 Å². The van der Waals surface area contributed by atoms with Crippen LogP contribution in [0.4, 0.5) is 5.69 Å². The van der Waals surface area contributed by atoms with Crippen molar-refractivity contribution in [2.75, 3.05) is 5.73 Å². The maximum Gasteiger partial charge on any atom is 0.300 e. The van der Waals surface area contributed by atoms with Gasteiger partial charge in [0.15, 0.2) is 5.76 Å². The van der Waals surface area contributed by atoms with Crippen LogP contribution in [-0.4, -0.2) is 5.91 Å². The maximum atomic E-state index is 11.2. The maximum absolute atomic E-state index is 11.2. The minimum atomic E-state index is -0.460. The van der Waals surface area contributed by atoms with Gasteiger partial charge in [0.2, 0.25) is 0 Å². The van der Waals surface area contributed by atoms with Crippen LogP contribution < -0.4 is 17.0 Å². The molecule has 2 aromatic rings. The molecule has 0 fully saturated rings. The van der Waals surface area contributed by atoms with Crippen molar-refractivity contribution >= 4 is 35.0 Å². The highest BCUT2D eigenvalue weighted by atomic mass is 35.5. The molecule has 0 aliphatic rings. The molecule has 1 heterocycles. The van der Waals surface area contributed by atoms with Gasteiger partial charge in [-0.3, -0.25) is 10.2 Å². The van der Waals surface area contributed by atoms with E-state index in [9.17, 15) is 4.79 Å². The quantitative estimate of drug-likeness (QED) is 0.265. The fraction of sp³-hybridized carbons (Fsp3) is 0.0833. The smallest absolute Gasteiger partial charge is 0.300 e. The largest absolute Gasteiger partial charge is 0.455 e. The number of furan rings is 1. The number of rotatable bonds is 4. The van der Waals surface area contributed by atoms with Gasteiger partial charge in [-0.05, 0) is 30.3 Å². The Morgan fingerprint density at radius 2 is 2.16 bits per heavy atom. The molecule has 0 aliphatic heterocycles. The first-order valence-electron chi connectivity index (χ1n) is 5.37. The first kappa shape index (κ1) is 13.8. The lowest BCUT2D eigenvalue weighted by Gasteiger charge is -2.03. The van der Waals surface area contributed by atoms with Gasteiger partial charge >= 0.3 is 5.91 Å². The van der Waals surface area contributed by atoms with Crippen molar-refractivity contribution in [3.05, 3.63) is 46.9 Å². The van der Waals surface area contributed by atoms with E-state index in [2.05, 4.69) is 0 Å². The standard InChI is InChI=1S/C12H12ClN3O2S/c13-9-3-1-7(14)5-11(9)19-6-8-2-4-10(18-8)12(17)16-15/h1-5H,6,14-15H2,(H,16,17). The first-order chi connectivity index (χ1) is 9.10. The van der Waals surface area contributed by atoms with Gasteiger partial charge in [-0.2, -0.15) is 0 Å². The highest BCUT2D eigenvalue weighted by Crippen LogP contribution is 2.31. The topological polar surface area (TPSA) is 94.3 Å². The average Bonchev–Trinajstić information content (AvgIpc) is 2.88. The highest BCUT2D eigenvalue weighted by molar-refractivity contribution is 7.98. The molecule has 0 unspecified atom stereocenters. The van der Waals surface area contributed by atoms with E-state index < -0.39 is 5.91 Å². The molecular weight excluding hydrogens is 286 g/mol. The molecular formula is C12H12ClN3O2S. The number of nitrogen functional groups attached to an aromatic ring is 2. The summed E-state index contributed by atoms with van der Waals surface area (Å²) in [7, 11) is 0. The molecule has 2 rings (SSSR count). The molecule has 0 saturated carbocycles. The molecule has 100 valence electrons. The van der Waals surface area contributed by atoms with E-state index in [1.807, 2.05) is 5.43 Å². The molecule has 19 heavy (non-hydrogen) atoms. The molecule has 0 spiro atoms. The number of nitrogens with two attached hydrogens (primary N) is 2. The summed E-state index contributed by atoms with van der Waals surface area (Å²) in [5.74, 6) is 5.93. The lowest BCUT2D eigenvalue weighted by atomic mass is 10.3. The number of halogens is 1. The van der Waals surface area contributed by atoms with E-state index in [-0.39, 0.29) is 5.76 Å². The number of carbonyl (C=O) groups excluding carboxylic acids is 1. The fourth-order valence-corrected chi connectivity index (χ4v) is 2.59. The Bertz CT molecular complexity index is 600. The van der Waals surface area contributed by atoms with Gasteiger partial charge in [-0.1, -0.05) is 11.6 Å². The monoisotopic (exact) mass is 297 g/mol. The minimum absolute atomic E-state index is 0.178. The van der Waals surface area contributed by atoms with Gasteiger partial charge in [0.05, 0.1) is 10.8 Å². The molecule has 0 saturated heterocycles. The highest BCUT2D eigenvalue weighted by Gasteiger charge is 2.10. The van der Waals surface area contributed by atoms with E-state index in [0.29, 0.717) is 22.2 Å². The van der Waals surface area contributed by atoms with Gasteiger partial charge in [-0.25, -0.2) is 5.84 Å². The third-order valence-electron chi connectivity index (χ3n) is 2.34. The summed E-state index contributed by atoms with van der Waals surface area (Å²) >= 11 is 7.53. The van der Waals surface area contributed by atoms with Gasteiger partial charge in [0, 0.05) is 10.6 Å². The van der Waals surface area contributed by atoms with Gasteiger partial charge in [0.25, 0.3) is 0 Å². The Morgan fingerprint density at radius 1 is 1.37 bits per heavy atom. The van der Waals surface area contributed by atoms with E-state index >= 15 is 0 Å². The molecule has 5 nitrogen and oxygen atoms in total. The van der Waals surface area contributed by atoms with Crippen LogP contribution in [0.1, 0.15) is 16.3 Å². The van der Waals surface area contributed by atoms with Gasteiger partial charge < -0.3 is 10.2 Å². The van der Waals surface area contributed by atoms with E-state index in [1.54, 1.807) is 30.3 Å². The molecule has 0 aliphatic carbocycles. The molecule has 1 aromatic heterocycles. The van der Waals surface area contributed by atoms with Crippen molar-refractivity contribution in [3.8, 4) is 0 Å². The first-order valence-corrected chi connectivity index (χ1v) is 6.74. The summed E-state index contributed by atoms with van der Waals surface area (Å²) < 4.78 is 5.34. The van der Waals surface area contributed by atoms with Crippen molar-refractivity contribution in [2.45, 2.75) is 10.6 Å². The average molecular weight is 298 g/mol. The second kappa shape index (κ2) is 6.01. The van der Waals surface area contributed by atoms with Crippen LogP contribution in [0.3, 0.4) is 0 Å². The van der Waals surface area contributed by atoms with Crippen molar-refractivity contribution in [1.82, 2.24) is 5.43 Å². The van der Waals surface area contributed by atoms with Crippen LogP contribution in [0, 0.1) is 0 Å². The summed E-state index contributed by atoms with van der Waals surface area (Å²) in [6.45, 7) is 0. The summed E-state index contributed by atoms with van der Waals surface area (Å²) in [5.41, 5.74) is 8.35. The SMILES string of the molecule is NNC(=O)c1ccc(CSc2cc(N)ccc2Cl)o1. The molecule has 1 amide bonds. The van der Waals surface area contributed by atoms with Crippen LogP contribution in [0.15, 0.2) is 39.6 Å². The lowest BCUT2D eigenvalue weighted by Crippen LogP contribution is -2.29. The third-order valence-corrected chi connectivity index (χ3v) is 3.86. The number of hydrogen-bond donors (Lipinski definition) is 3. The molecule has 7 heteroatoms. The van der Waals surface area contributed by atoms with Crippen molar-refractivity contribution < 1.29 is 9.21 Å². The Labute approximate surface area is 119 Å². The van der Waals surface area contributed by atoms with E-state index in [4.69, 9.17) is 27.6 Å². The normalized spacial score (nSPS) is 10.4. The Morgan fingerprint density at radius 3 is 2.89 bits per heavy atom. The number of benzene rings is 1. The zero-order valence-electron chi connectivity index (χ0n) is 9.85. The predicted octanol–water partition coefficient (Wildman–Crippen LogP) is 2.41. The fourth-order valence-electron chi connectivity index (χ4n) is 1.43. The molecule has 0 bridgehead atoms. The number of nitrogens with one attached hydrogen (secondary N) is 1. The van der Waals surface area contributed by atoms with Gasteiger partial charge in [-0.15, -0.1) is 11.8 Å². The zero-order chi connectivity index (χ0) is 13.8. The van der Waals surface area contributed by atoms with Crippen LogP contribution in [0.25, 0.3) is 0 Å². The van der Waals surface area contributed by atoms with Crippen molar-refractivity contribution in [3.63, 3.8) is 0 Å². The van der Waals surface area contributed by atoms with Gasteiger partial charge in [0.1, 0.15) is 5.76 Å². The minimum Gasteiger partial charge on any atom is -0.455 e. The number of thioether (sulfide) groups is 1. The summed E-state index contributed by atoms with van der Waals surface area (Å²) in [6.07, 6.45) is 0. The summed E-state index contributed by atoms with van der Waals surface area (Å²) in [6, 6.07) is 8.57. The number of anilines is 1. The number of hydrogen-bond acceptors (Lipinski definition) is 5. The molecule has 5 N–H and O–H groups in total. The van der Waals surface area contributed by atoms with Crippen molar-refractivity contribution in [2.24, 2.45) is 5.84 Å². The van der Waals surface area contributed by atoms with Crippen LogP contribution in [-0.2, 0) is 5.75 Å². The number of carbonyl (C=O) groups is 1. The molecule has 0 atom stereocenters. The Kier molecular flexibility index (Phi) is 4.36. The third kappa shape index (κ3) is 3.44. The lowest BCUT2D eigenvalue weighted by molar-refractivity contribution is 0.0924. The number of amides is 1. The van der Waals surface area contributed by atoms with Crippen LogP contribution in [0.2, 0.25) is 5.02 Å². The second-order valence-corrected chi connectivity index (χ2v) is 5.14. The van der Waals surface area contributed by atoms with E-state index in [1.165, 1.54) is 11.8 Å². The zero-order valence-corrected chi connectivity index (χ0v) is 11.4. The number of hydrazine groups is 1. The molecule has 1 aromatic carbocycles. The second-order valence-electron chi connectivity index (χ2n) is 3.72. The predicted molar refractivity (Wildman–Crippen MR) is 75.8 cm³/mol. The Hall–Kier alpha value is -1.63.